The summed E-state index contributed by atoms with van der Waals surface area (Å²) in [4.78, 5) is 47.3. The van der Waals surface area contributed by atoms with E-state index in [1.807, 2.05) is 0 Å². The number of nitriles is 1. The van der Waals surface area contributed by atoms with Gasteiger partial charge < -0.3 is 49.3 Å². The van der Waals surface area contributed by atoms with Gasteiger partial charge in [-0.15, -0.1) is 0 Å². The number of hydrogen-bond acceptors (Lipinski definition) is 17. The summed E-state index contributed by atoms with van der Waals surface area (Å²) in [7, 11) is -18.3. The third-order valence-corrected chi connectivity index (χ3v) is 7.95. The molecule has 1 saturated heterocycles. The van der Waals surface area contributed by atoms with Crippen LogP contribution in [0.3, 0.4) is 0 Å². The smallest absolute Gasteiger partial charge is 0.790 e. The Balaban J connectivity index is 0. The van der Waals surface area contributed by atoms with Crippen LogP contribution in [0, 0.1) is 11.3 Å². The third-order valence-electron chi connectivity index (χ3n) is 4.28. The predicted octanol–water partition coefficient (Wildman–Crippen LogP) is -16.0. The number of aliphatic hydroxyl groups is 2. The number of ether oxygens (including phenoxy) is 1. The minimum atomic E-state index is -6.20. The Hall–Kier alpha value is 2.20. The molecule has 2 aromatic rings. The SMILES string of the molecule is N#CC1(c2ccc3c(N)ncnn23)OC(COP(=O)([O-])OP(=O)([O-])OP(=O)([O-])[O-])C(O)C1O.[Na+].[Na+].[Na+].[Na+]. The molecular weight excluding hydrogens is 607 g/mol. The molecule has 182 valence electrons. The van der Waals surface area contributed by atoms with Crippen LogP contribution in [0.4, 0.5) is 5.82 Å². The molecule has 37 heavy (non-hydrogen) atoms. The van der Waals surface area contributed by atoms with E-state index in [9.17, 15) is 48.7 Å². The van der Waals surface area contributed by atoms with Crippen LogP contribution in [0.25, 0.3) is 5.52 Å². The first kappa shape index (κ1) is 41.3. The largest absolute Gasteiger partial charge is 1.00 e. The number of hydrogen-bond donors (Lipinski definition) is 3. The summed E-state index contributed by atoms with van der Waals surface area (Å²) in [6.45, 7) is -1.21. The Kier molecular flexibility index (Phi) is 17.4. The molecule has 4 N–H and O–H groups in total. The number of phosphoric ester groups is 1. The summed E-state index contributed by atoms with van der Waals surface area (Å²) in [5, 5.41) is 34.4. The second-order valence-corrected chi connectivity index (χ2v) is 10.6. The molecule has 0 aliphatic carbocycles. The molecule has 1 aliphatic heterocycles. The minimum Gasteiger partial charge on any atom is -0.790 e. The van der Waals surface area contributed by atoms with Crippen molar-refractivity contribution in [1.82, 2.24) is 14.6 Å². The minimum absolute atomic E-state index is 0. The molecule has 6 unspecified atom stereocenters. The molecule has 3 heterocycles. The molecule has 1 fully saturated rings. The second-order valence-electron chi connectivity index (χ2n) is 6.40. The van der Waals surface area contributed by atoms with E-state index in [4.69, 9.17) is 10.5 Å². The number of aliphatic hydroxyl groups excluding tert-OH is 2. The van der Waals surface area contributed by atoms with Crippen LogP contribution in [-0.2, 0) is 37.2 Å². The molecule has 6 atom stereocenters. The van der Waals surface area contributed by atoms with Gasteiger partial charge in [-0.3, -0.25) is 13.4 Å². The molecule has 18 nitrogen and oxygen atoms in total. The average Bonchev–Trinajstić information content (AvgIpc) is 3.20. The summed E-state index contributed by atoms with van der Waals surface area (Å²) >= 11 is 0. The maximum absolute atomic E-state index is 11.7. The summed E-state index contributed by atoms with van der Waals surface area (Å²) < 4.78 is 50.3. The maximum Gasteiger partial charge on any atom is 1.00 e. The van der Waals surface area contributed by atoms with Gasteiger partial charge in [-0.1, -0.05) is 0 Å². The van der Waals surface area contributed by atoms with Crippen molar-refractivity contribution in [2.45, 2.75) is 23.9 Å². The second kappa shape index (κ2) is 15.6. The molecule has 0 radical (unpaired) electrons. The van der Waals surface area contributed by atoms with Gasteiger partial charge in [-0.05, 0) is 12.1 Å². The number of rotatable bonds is 8. The van der Waals surface area contributed by atoms with Crippen molar-refractivity contribution < 1.29 is 180 Å². The number of nitrogens with zero attached hydrogens (tertiary/aromatic N) is 4. The quantitative estimate of drug-likeness (QED) is 0.182. The summed E-state index contributed by atoms with van der Waals surface area (Å²) in [6, 6.07) is 4.32. The Morgan fingerprint density at radius 2 is 1.70 bits per heavy atom. The van der Waals surface area contributed by atoms with Gasteiger partial charge in [0.15, 0.2) is 5.82 Å². The van der Waals surface area contributed by atoms with Crippen molar-refractivity contribution in [3.8, 4) is 6.07 Å². The maximum atomic E-state index is 11.7. The van der Waals surface area contributed by atoms with E-state index < -0.39 is 54.0 Å². The van der Waals surface area contributed by atoms with Crippen LogP contribution in [0.5, 0.6) is 0 Å². The van der Waals surface area contributed by atoms with E-state index in [2.05, 4.69) is 23.2 Å². The first-order valence-electron chi connectivity index (χ1n) is 8.36. The number of nitrogens with two attached hydrogens (primary N) is 1. The fraction of sp³-hybridized carbons (Fsp3) is 0.417. The molecule has 0 spiro atoms. The van der Waals surface area contributed by atoms with Crippen LogP contribution in [0.2, 0.25) is 0 Å². The number of anilines is 1. The van der Waals surface area contributed by atoms with Gasteiger partial charge in [0.05, 0.1) is 20.1 Å². The first-order chi connectivity index (χ1) is 15.1. The molecule has 0 aromatic carbocycles. The van der Waals surface area contributed by atoms with Crippen LogP contribution < -0.4 is 144 Å². The van der Waals surface area contributed by atoms with Crippen molar-refractivity contribution in [3.05, 3.63) is 24.2 Å². The van der Waals surface area contributed by atoms with Gasteiger partial charge in [0.25, 0.3) is 15.6 Å². The van der Waals surface area contributed by atoms with E-state index in [0.717, 1.165) is 10.8 Å². The molecule has 0 amide bonds. The third kappa shape index (κ3) is 9.87. The summed E-state index contributed by atoms with van der Waals surface area (Å²) in [5.74, 6) is 0.00617. The zero-order valence-corrected chi connectivity index (χ0v) is 30.4. The number of aromatic nitrogens is 3. The van der Waals surface area contributed by atoms with Crippen LogP contribution >= 0.6 is 23.5 Å². The van der Waals surface area contributed by atoms with Crippen LogP contribution in [-0.4, -0.2) is 49.7 Å². The van der Waals surface area contributed by atoms with Crippen LogP contribution in [0.15, 0.2) is 18.5 Å². The molecule has 25 heteroatoms. The van der Waals surface area contributed by atoms with Gasteiger partial charge in [0.1, 0.15) is 36.2 Å². The monoisotopic (exact) mass is 619 g/mol. The Morgan fingerprint density at radius 1 is 1.11 bits per heavy atom. The number of fused-ring (bicyclic) bond motifs is 1. The van der Waals surface area contributed by atoms with E-state index in [0.29, 0.717) is 0 Å². The van der Waals surface area contributed by atoms with Crippen molar-refractivity contribution in [1.29, 1.82) is 5.26 Å². The van der Waals surface area contributed by atoms with E-state index in [1.165, 1.54) is 12.1 Å². The van der Waals surface area contributed by atoms with Crippen molar-refractivity contribution in [3.63, 3.8) is 0 Å². The van der Waals surface area contributed by atoms with Crippen LogP contribution in [0.1, 0.15) is 5.69 Å². The Morgan fingerprint density at radius 3 is 2.24 bits per heavy atom. The van der Waals surface area contributed by atoms with E-state index in [1.54, 1.807) is 6.07 Å². The van der Waals surface area contributed by atoms with Gasteiger partial charge in [-0.25, -0.2) is 13.8 Å². The zero-order chi connectivity index (χ0) is 24.8. The molecule has 2 aromatic heterocycles. The average molecular weight is 619 g/mol. The number of nitrogen functional groups attached to an aromatic ring is 1. The first-order valence-corrected chi connectivity index (χ1v) is 12.7. The van der Waals surface area contributed by atoms with Gasteiger partial charge >= 0.3 is 118 Å². The van der Waals surface area contributed by atoms with Crippen molar-refractivity contribution >= 4 is 34.8 Å². The molecule has 0 saturated carbocycles. The standard InChI is InChI=1S/C12H16N5O13P3.4Na/c13-4-12(8-2-1-6-11(14)15-5-16-17(6)8)10(19)9(18)7(28-12)3-27-32(23,24)30-33(25,26)29-31(20,21)22;;;;/h1-2,5,7,9-10,18-19H,3H2,(H,23,24)(H,25,26)(H2,14,15,16)(H2,20,21,22);;;;/q;4*+1/p-4. The number of phosphoric acid groups is 3. The molecule has 3 rings (SSSR count). The fourth-order valence-corrected chi connectivity index (χ4v) is 5.86. The van der Waals surface area contributed by atoms with Crippen molar-refractivity contribution in [2.75, 3.05) is 12.3 Å². The fourth-order valence-electron chi connectivity index (χ4n) is 3.00. The van der Waals surface area contributed by atoms with Gasteiger partial charge in [0.2, 0.25) is 5.60 Å². The molecule has 0 bridgehead atoms. The zero-order valence-electron chi connectivity index (χ0n) is 19.8. The molecular formula is C12H12N5Na4O13P3. The van der Waals surface area contributed by atoms with E-state index >= 15 is 0 Å². The summed E-state index contributed by atoms with van der Waals surface area (Å²) in [6.07, 6.45) is -4.66. The molecule has 1 aliphatic rings. The topological polar surface area (TPSA) is 301 Å². The Bertz CT molecular complexity index is 1260. The van der Waals surface area contributed by atoms with E-state index in [-0.39, 0.29) is 135 Å². The van der Waals surface area contributed by atoms with Gasteiger partial charge in [0, 0.05) is 0 Å². The van der Waals surface area contributed by atoms with Gasteiger partial charge in [-0.2, -0.15) is 10.4 Å². The Labute approximate surface area is 296 Å². The normalized spacial score (nSPS) is 26.2. The van der Waals surface area contributed by atoms with Crippen molar-refractivity contribution in [2.24, 2.45) is 0 Å². The summed E-state index contributed by atoms with van der Waals surface area (Å²) in [5.41, 5.74) is 3.48. The predicted molar refractivity (Wildman–Crippen MR) is 92.5 cm³/mol.